The fourth-order valence-corrected chi connectivity index (χ4v) is 3.06. The van der Waals surface area contributed by atoms with Crippen LogP contribution in [0.1, 0.15) is 48.5 Å². The van der Waals surface area contributed by atoms with E-state index < -0.39 is 35.2 Å². The van der Waals surface area contributed by atoms with Crippen molar-refractivity contribution in [1.29, 1.82) is 0 Å². The van der Waals surface area contributed by atoms with Crippen LogP contribution in [0.3, 0.4) is 0 Å². The predicted molar refractivity (Wildman–Crippen MR) is 86.1 cm³/mol. The van der Waals surface area contributed by atoms with Crippen molar-refractivity contribution in [3.63, 3.8) is 0 Å². The lowest BCUT2D eigenvalue weighted by molar-refractivity contribution is -0.217. The maximum atomic E-state index is 14.7. The van der Waals surface area contributed by atoms with Gasteiger partial charge in [0.1, 0.15) is 11.2 Å². The van der Waals surface area contributed by atoms with Crippen LogP contribution in [0.2, 0.25) is 0 Å². The number of alkyl halides is 3. The van der Waals surface area contributed by atoms with Gasteiger partial charge in [0.2, 0.25) is 5.91 Å². The molecule has 0 aromatic heterocycles. The topological polar surface area (TPSA) is 46.6 Å². The van der Waals surface area contributed by atoms with Crippen LogP contribution in [-0.2, 0) is 9.53 Å². The zero-order chi connectivity index (χ0) is 19.7. The molecule has 1 aromatic rings. The van der Waals surface area contributed by atoms with E-state index in [0.717, 1.165) is 25.9 Å². The Morgan fingerprint density at radius 3 is 2.46 bits per heavy atom. The maximum absolute atomic E-state index is 14.7. The zero-order valence-electron chi connectivity index (χ0n) is 14.8. The van der Waals surface area contributed by atoms with Gasteiger partial charge in [-0.15, -0.1) is 0 Å². The summed E-state index contributed by atoms with van der Waals surface area (Å²) < 4.78 is 58.6. The van der Waals surface area contributed by atoms with Crippen LogP contribution in [0, 0.1) is 11.2 Å². The van der Waals surface area contributed by atoms with E-state index in [0.29, 0.717) is 12.8 Å². The number of esters is 1. The van der Waals surface area contributed by atoms with Gasteiger partial charge in [-0.1, -0.05) is 12.1 Å². The van der Waals surface area contributed by atoms with Gasteiger partial charge in [0.15, 0.2) is 0 Å². The number of halogens is 4. The number of rotatable bonds is 3. The van der Waals surface area contributed by atoms with Crippen LogP contribution < -0.4 is 0 Å². The number of benzene rings is 1. The van der Waals surface area contributed by atoms with Crippen LogP contribution in [0.5, 0.6) is 0 Å². The van der Waals surface area contributed by atoms with E-state index in [2.05, 4.69) is 4.74 Å². The molecule has 0 N–H and O–H groups in total. The Morgan fingerprint density at radius 2 is 1.88 bits per heavy atom. The monoisotopic (exact) mass is 375 g/mol. The molecule has 8 heteroatoms. The van der Waals surface area contributed by atoms with Crippen molar-refractivity contribution in [2.75, 3.05) is 20.2 Å². The van der Waals surface area contributed by atoms with E-state index in [1.54, 1.807) is 0 Å². The Labute approximate surface area is 149 Å². The molecule has 2 rings (SSSR count). The highest BCUT2D eigenvalue weighted by Gasteiger charge is 2.54. The second-order valence-electron chi connectivity index (χ2n) is 6.91. The summed E-state index contributed by atoms with van der Waals surface area (Å²) in [7, 11) is 1.13. The predicted octanol–water partition coefficient (Wildman–Crippen LogP) is 3.91. The molecule has 1 aliphatic heterocycles. The van der Waals surface area contributed by atoms with Crippen molar-refractivity contribution in [1.82, 2.24) is 4.90 Å². The summed E-state index contributed by atoms with van der Waals surface area (Å²) in [6.45, 7) is 1.85. The third-order valence-corrected chi connectivity index (χ3v) is 4.83. The van der Waals surface area contributed by atoms with Crippen LogP contribution in [0.25, 0.3) is 0 Å². The molecule has 0 aliphatic carbocycles. The molecule has 0 bridgehead atoms. The summed E-state index contributed by atoms with van der Waals surface area (Å²) in [5, 5.41) is 0. The molecule has 0 spiro atoms. The van der Waals surface area contributed by atoms with E-state index in [9.17, 15) is 27.2 Å². The van der Waals surface area contributed by atoms with Crippen LogP contribution in [0.15, 0.2) is 18.2 Å². The van der Waals surface area contributed by atoms with Gasteiger partial charge in [-0.25, -0.2) is 9.18 Å². The van der Waals surface area contributed by atoms with Crippen LogP contribution in [0.4, 0.5) is 17.6 Å². The van der Waals surface area contributed by atoms with Crippen molar-refractivity contribution in [2.45, 2.75) is 38.8 Å². The number of amides is 1. The zero-order valence-corrected chi connectivity index (χ0v) is 14.8. The largest absolute Gasteiger partial charge is 0.465 e. The molecule has 1 fully saturated rings. The summed E-state index contributed by atoms with van der Waals surface area (Å²) in [6.07, 6.45) is -3.71. The Bertz CT molecular complexity index is 700. The minimum Gasteiger partial charge on any atom is -0.465 e. The van der Waals surface area contributed by atoms with Gasteiger partial charge in [0.25, 0.3) is 0 Å². The summed E-state index contributed by atoms with van der Waals surface area (Å²) in [5.41, 5.74) is -2.54. The van der Waals surface area contributed by atoms with Gasteiger partial charge in [-0.3, -0.25) is 4.79 Å². The van der Waals surface area contributed by atoms with E-state index in [1.165, 1.54) is 18.2 Å². The number of piperidine rings is 1. The van der Waals surface area contributed by atoms with Gasteiger partial charge in [0.05, 0.1) is 12.7 Å². The van der Waals surface area contributed by atoms with E-state index in [4.69, 9.17) is 0 Å². The number of likely N-dealkylation sites (tertiary alicyclic amines) is 1. The lowest BCUT2D eigenvalue weighted by Gasteiger charge is -2.38. The molecule has 144 valence electrons. The summed E-state index contributed by atoms with van der Waals surface area (Å²) in [5.74, 6) is -3.10. The molecule has 1 amide bonds. The van der Waals surface area contributed by atoms with Crippen molar-refractivity contribution < 1.29 is 31.9 Å². The van der Waals surface area contributed by atoms with Crippen LogP contribution in [-0.4, -0.2) is 43.2 Å². The van der Waals surface area contributed by atoms with Gasteiger partial charge < -0.3 is 9.64 Å². The third kappa shape index (κ3) is 3.68. The van der Waals surface area contributed by atoms with Gasteiger partial charge in [0, 0.05) is 19.0 Å². The van der Waals surface area contributed by atoms with Gasteiger partial charge in [-0.05, 0) is 38.3 Å². The Kier molecular flexibility index (Phi) is 5.63. The number of hydrogen-bond acceptors (Lipinski definition) is 3. The standard InChI is InChI=1S/C18H21F4NO3/c1-17(2,18(20,21)22)16(25)23-9-5-6-11(10-23)12-7-4-8-13(14(12)19)15(24)26-3/h4,7-8,11H,5-6,9-10H2,1-3H3. The third-order valence-electron chi connectivity index (χ3n) is 4.83. The number of ether oxygens (including phenoxy) is 1. The van der Waals surface area contributed by atoms with E-state index in [1.807, 2.05) is 0 Å². The number of carbonyl (C=O) groups is 2. The summed E-state index contributed by atoms with van der Waals surface area (Å²) in [4.78, 5) is 25.2. The molecule has 4 nitrogen and oxygen atoms in total. The molecular weight excluding hydrogens is 354 g/mol. The van der Waals surface area contributed by atoms with E-state index >= 15 is 0 Å². The molecule has 1 saturated heterocycles. The molecule has 1 aliphatic rings. The Hall–Kier alpha value is -2.12. The van der Waals surface area contributed by atoms with Gasteiger partial charge >= 0.3 is 12.1 Å². The first kappa shape index (κ1) is 20.2. The highest BCUT2D eigenvalue weighted by Crippen LogP contribution is 2.40. The second kappa shape index (κ2) is 7.25. The lowest BCUT2D eigenvalue weighted by Crippen LogP contribution is -2.51. The van der Waals surface area contributed by atoms with Crippen molar-refractivity contribution in [3.8, 4) is 0 Å². The summed E-state index contributed by atoms with van der Waals surface area (Å²) >= 11 is 0. The first-order chi connectivity index (χ1) is 12.0. The number of hydrogen-bond donors (Lipinski definition) is 0. The maximum Gasteiger partial charge on any atom is 0.402 e. The highest BCUT2D eigenvalue weighted by molar-refractivity contribution is 5.90. The Morgan fingerprint density at radius 1 is 1.23 bits per heavy atom. The van der Waals surface area contributed by atoms with Crippen molar-refractivity contribution in [2.24, 2.45) is 5.41 Å². The van der Waals surface area contributed by atoms with Gasteiger partial charge in [-0.2, -0.15) is 13.2 Å². The van der Waals surface area contributed by atoms with E-state index in [-0.39, 0.29) is 24.2 Å². The molecule has 26 heavy (non-hydrogen) atoms. The van der Waals surface area contributed by atoms with Crippen molar-refractivity contribution in [3.05, 3.63) is 35.1 Å². The molecule has 0 saturated carbocycles. The molecule has 1 atom stereocenters. The summed E-state index contributed by atoms with van der Waals surface area (Å²) in [6, 6.07) is 4.25. The normalized spacial score (nSPS) is 18.6. The highest BCUT2D eigenvalue weighted by atomic mass is 19.4. The molecule has 1 heterocycles. The lowest BCUT2D eigenvalue weighted by atomic mass is 9.86. The first-order valence-corrected chi connectivity index (χ1v) is 8.23. The SMILES string of the molecule is COC(=O)c1cccc(C2CCCN(C(=O)C(C)(C)C(F)(F)F)C2)c1F. The molecule has 1 unspecified atom stereocenters. The average molecular weight is 375 g/mol. The van der Waals surface area contributed by atoms with Crippen molar-refractivity contribution >= 4 is 11.9 Å². The number of methoxy groups -OCH3 is 1. The first-order valence-electron chi connectivity index (χ1n) is 8.23. The number of carbonyl (C=O) groups excluding carboxylic acids is 2. The fourth-order valence-electron chi connectivity index (χ4n) is 3.06. The quantitative estimate of drug-likeness (QED) is 0.595. The smallest absolute Gasteiger partial charge is 0.402 e. The molecule has 0 radical (unpaired) electrons. The fraction of sp³-hybridized carbons (Fsp3) is 0.556. The Balaban J connectivity index is 2.27. The molecular formula is C18H21F4NO3. The minimum atomic E-state index is -4.67. The minimum absolute atomic E-state index is 0.0279. The second-order valence-corrected chi connectivity index (χ2v) is 6.91. The molecule has 1 aromatic carbocycles. The van der Waals surface area contributed by atoms with Crippen LogP contribution >= 0.6 is 0 Å². The average Bonchev–Trinajstić information content (AvgIpc) is 2.59. The number of nitrogens with zero attached hydrogens (tertiary/aromatic N) is 1.